The lowest BCUT2D eigenvalue weighted by Crippen LogP contribution is -2.34. The molecule has 1 atom stereocenters. The minimum absolute atomic E-state index is 0.000474. The Balaban J connectivity index is 2.21. The van der Waals surface area contributed by atoms with Gasteiger partial charge in [0.05, 0.1) is 27.5 Å². The number of fused-ring (bicyclic) bond motifs is 1. The smallest absolute Gasteiger partial charge is 0.331 e. The zero-order valence-corrected chi connectivity index (χ0v) is 19.5. The molecule has 0 radical (unpaired) electrons. The van der Waals surface area contributed by atoms with Crippen molar-refractivity contribution in [1.82, 2.24) is 4.31 Å². The zero-order chi connectivity index (χ0) is 24.3. The van der Waals surface area contributed by atoms with Crippen molar-refractivity contribution in [3.63, 3.8) is 0 Å². The highest BCUT2D eigenvalue weighted by Gasteiger charge is 2.37. The molecule has 2 aromatic carbocycles. The first-order valence-electron chi connectivity index (χ1n) is 10.5. The van der Waals surface area contributed by atoms with Crippen molar-refractivity contribution in [3.8, 4) is 0 Å². The van der Waals surface area contributed by atoms with E-state index in [0.717, 1.165) is 5.56 Å². The predicted molar refractivity (Wildman–Crippen MR) is 125 cm³/mol. The maximum Gasteiger partial charge on any atom is 0.331 e. The highest BCUT2D eigenvalue weighted by Crippen LogP contribution is 2.42. The first-order valence-corrected chi connectivity index (χ1v) is 11.9. The number of rotatable bonds is 6. The van der Waals surface area contributed by atoms with E-state index in [9.17, 15) is 23.3 Å². The maximum absolute atomic E-state index is 13.6. The largest absolute Gasteiger partial charge is 0.460 e. The third-order valence-corrected chi connectivity index (χ3v) is 7.21. The van der Waals surface area contributed by atoms with Gasteiger partial charge in [0.1, 0.15) is 0 Å². The maximum atomic E-state index is 13.6. The van der Waals surface area contributed by atoms with E-state index in [2.05, 4.69) is 6.58 Å². The number of hydrogen-bond acceptors (Lipinski definition) is 6. The summed E-state index contributed by atoms with van der Waals surface area (Å²) in [5.74, 6) is -0.644. The molecule has 1 aliphatic rings. The Bertz CT molecular complexity index is 1220. The van der Waals surface area contributed by atoms with E-state index in [1.54, 1.807) is 32.0 Å². The normalized spacial score (nSPS) is 17.9. The van der Waals surface area contributed by atoms with Gasteiger partial charge in [-0.3, -0.25) is 10.1 Å². The number of benzene rings is 2. The monoisotopic (exact) mass is 470 g/mol. The van der Waals surface area contributed by atoms with Crippen LogP contribution in [0.4, 0.5) is 5.69 Å². The molecule has 9 heteroatoms. The summed E-state index contributed by atoms with van der Waals surface area (Å²) in [7, 11) is -3.96. The number of nitro benzene ring substituents is 1. The molecule has 0 spiro atoms. The topological polar surface area (TPSA) is 107 Å². The van der Waals surface area contributed by atoms with Crippen LogP contribution in [0.1, 0.15) is 43.0 Å². The number of nitrogens with zero attached hydrogens (tertiary/aromatic N) is 2. The van der Waals surface area contributed by atoms with Gasteiger partial charge >= 0.3 is 5.97 Å². The minimum atomic E-state index is -3.96. The molecule has 0 amide bonds. The average Bonchev–Trinajstić information content (AvgIpc) is 2.90. The van der Waals surface area contributed by atoms with Crippen molar-refractivity contribution in [2.75, 3.05) is 6.54 Å². The molecule has 0 aromatic heterocycles. The number of sulfonamides is 1. The summed E-state index contributed by atoms with van der Waals surface area (Å²) in [6.45, 7) is 9.06. The van der Waals surface area contributed by atoms with E-state index in [1.165, 1.54) is 40.7 Å². The fourth-order valence-electron chi connectivity index (χ4n) is 3.87. The molecule has 0 saturated heterocycles. The lowest BCUT2D eigenvalue weighted by Gasteiger charge is -2.27. The molecule has 0 N–H and O–H groups in total. The van der Waals surface area contributed by atoms with Gasteiger partial charge in [-0.2, -0.15) is 4.31 Å². The number of carbonyl (C=O) groups is 1. The van der Waals surface area contributed by atoms with E-state index in [0.29, 0.717) is 11.1 Å². The molecule has 2 aromatic rings. The number of hydrogen-bond donors (Lipinski definition) is 0. The van der Waals surface area contributed by atoms with E-state index in [-0.39, 0.29) is 35.2 Å². The van der Waals surface area contributed by atoms with Crippen LogP contribution >= 0.6 is 0 Å². The van der Waals surface area contributed by atoms with Crippen LogP contribution in [-0.4, -0.2) is 36.3 Å². The third-order valence-electron chi connectivity index (χ3n) is 5.32. The molecule has 0 fully saturated rings. The Labute approximate surface area is 193 Å². The van der Waals surface area contributed by atoms with Crippen molar-refractivity contribution < 1.29 is 22.9 Å². The van der Waals surface area contributed by atoms with E-state index < -0.39 is 27.0 Å². The Kier molecular flexibility index (Phi) is 7.14. The highest BCUT2D eigenvalue weighted by molar-refractivity contribution is 7.89. The quantitative estimate of drug-likeness (QED) is 0.201. The number of aryl methyl sites for hydroxylation is 1. The van der Waals surface area contributed by atoms with E-state index >= 15 is 0 Å². The zero-order valence-electron chi connectivity index (χ0n) is 18.7. The van der Waals surface area contributed by atoms with Crippen LogP contribution in [0.15, 0.2) is 66.1 Å². The summed E-state index contributed by atoms with van der Waals surface area (Å²) in [4.78, 5) is 23.8. The average molecular weight is 471 g/mol. The second-order valence-electron chi connectivity index (χ2n) is 8.01. The van der Waals surface area contributed by atoms with Gasteiger partial charge < -0.3 is 4.74 Å². The van der Waals surface area contributed by atoms with Crippen LogP contribution in [0.3, 0.4) is 0 Å². The third kappa shape index (κ3) is 5.04. The fraction of sp³-hybridized carbons (Fsp3) is 0.292. The molecule has 33 heavy (non-hydrogen) atoms. The Morgan fingerprint density at radius 2 is 1.91 bits per heavy atom. The van der Waals surface area contributed by atoms with Gasteiger partial charge in [-0.15, -0.1) is 6.58 Å². The molecule has 0 saturated carbocycles. The molecular weight excluding hydrogens is 444 g/mol. The van der Waals surface area contributed by atoms with E-state index in [1.807, 2.05) is 6.92 Å². The van der Waals surface area contributed by atoms with Crippen molar-refractivity contribution in [2.45, 2.75) is 44.2 Å². The van der Waals surface area contributed by atoms with Crippen LogP contribution in [0, 0.1) is 17.0 Å². The van der Waals surface area contributed by atoms with Gasteiger partial charge in [-0.1, -0.05) is 35.9 Å². The Morgan fingerprint density at radius 3 is 2.48 bits per heavy atom. The highest BCUT2D eigenvalue weighted by atomic mass is 32.2. The molecule has 1 aliphatic heterocycles. The van der Waals surface area contributed by atoms with Crippen LogP contribution in [0.25, 0.3) is 5.57 Å². The minimum Gasteiger partial charge on any atom is -0.460 e. The lowest BCUT2D eigenvalue weighted by atomic mass is 9.93. The summed E-state index contributed by atoms with van der Waals surface area (Å²) < 4.78 is 33.6. The van der Waals surface area contributed by atoms with Gasteiger partial charge in [0, 0.05) is 18.7 Å². The van der Waals surface area contributed by atoms with Crippen LogP contribution < -0.4 is 0 Å². The van der Waals surface area contributed by atoms with Crippen molar-refractivity contribution >= 4 is 27.3 Å². The predicted octanol–water partition coefficient (Wildman–Crippen LogP) is 4.56. The van der Waals surface area contributed by atoms with Crippen molar-refractivity contribution in [2.24, 2.45) is 0 Å². The molecule has 1 heterocycles. The lowest BCUT2D eigenvalue weighted by molar-refractivity contribution is -0.385. The first kappa shape index (κ1) is 24.3. The number of carbonyl (C=O) groups excluding carboxylic acids is 1. The summed E-state index contributed by atoms with van der Waals surface area (Å²) in [6, 6.07) is 10.1. The van der Waals surface area contributed by atoms with Gasteiger partial charge in [0.25, 0.3) is 5.69 Å². The summed E-state index contributed by atoms with van der Waals surface area (Å²) >= 11 is 0. The first-order chi connectivity index (χ1) is 15.6. The van der Waals surface area contributed by atoms with Gasteiger partial charge in [0.15, 0.2) is 0 Å². The second-order valence-corrected chi connectivity index (χ2v) is 9.90. The standard InChI is InChI=1S/C24H26N2O6S/c1-5-21-20-7-6-8-22(26(28)29)24(20)18(15-23(27)32-16(2)3)13-14-25(21)33(30,31)19-11-9-17(4)10-12-19/h5-12,15-16,21H,1,13-14H2,2-4H3/b18-15+/t21-/m1/s1. The number of ether oxygens (including phenoxy) is 1. The summed E-state index contributed by atoms with van der Waals surface area (Å²) in [5, 5.41) is 11.8. The number of nitro groups is 1. The molecule has 0 bridgehead atoms. The Morgan fingerprint density at radius 1 is 1.24 bits per heavy atom. The SMILES string of the molecule is C=C[C@@H]1c2cccc([N+](=O)[O-])c2/C(=C/C(=O)OC(C)C)CCN1S(=O)(=O)c1ccc(C)cc1. The van der Waals surface area contributed by atoms with Crippen LogP contribution in [0.5, 0.6) is 0 Å². The molecule has 3 rings (SSSR count). The molecule has 0 unspecified atom stereocenters. The summed E-state index contributed by atoms with van der Waals surface area (Å²) in [5.41, 5.74) is 1.65. The van der Waals surface area contributed by atoms with Gasteiger partial charge in [-0.25, -0.2) is 13.2 Å². The summed E-state index contributed by atoms with van der Waals surface area (Å²) in [6.07, 6.45) is 2.38. The van der Waals surface area contributed by atoms with Gasteiger partial charge in [-0.05, 0) is 50.5 Å². The van der Waals surface area contributed by atoms with Gasteiger partial charge in [0.2, 0.25) is 10.0 Å². The number of esters is 1. The second kappa shape index (κ2) is 9.68. The molecule has 8 nitrogen and oxygen atoms in total. The fourth-order valence-corrected chi connectivity index (χ4v) is 5.45. The van der Waals surface area contributed by atoms with Crippen molar-refractivity contribution in [1.29, 1.82) is 0 Å². The van der Waals surface area contributed by atoms with Crippen LogP contribution in [-0.2, 0) is 19.6 Å². The van der Waals surface area contributed by atoms with Crippen LogP contribution in [0.2, 0.25) is 0 Å². The molecule has 174 valence electrons. The van der Waals surface area contributed by atoms with E-state index in [4.69, 9.17) is 4.74 Å². The molecular formula is C24H26N2O6S. The molecule has 0 aliphatic carbocycles. The Hall–Kier alpha value is -3.30. The van der Waals surface area contributed by atoms with Crippen molar-refractivity contribution in [3.05, 3.63) is 88.0 Å².